The van der Waals surface area contributed by atoms with E-state index in [9.17, 15) is 4.79 Å². The Morgan fingerprint density at radius 3 is 3.07 bits per heavy atom. The van der Waals surface area contributed by atoms with Crippen LogP contribution in [0.25, 0.3) is 0 Å². The first-order valence-electron chi connectivity index (χ1n) is 4.85. The Bertz CT molecular complexity index is 424. The summed E-state index contributed by atoms with van der Waals surface area (Å²) in [6.45, 7) is 0.406. The normalized spacial score (nSPS) is 14.7. The van der Waals surface area contributed by atoms with Gasteiger partial charge in [-0.05, 0) is 12.8 Å². The average Bonchev–Trinajstić information content (AvgIpc) is 3.00. The second-order valence-corrected chi connectivity index (χ2v) is 3.57. The fourth-order valence-corrected chi connectivity index (χ4v) is 1.66. The van der Waals surface area contributed by atoms with Gasteiger partial charge in [0.15, 0.2) is 0 Å². The molecule has 1 saturated carbocycles. The third-order valence-corrected chi connectivity index (χ3v) is 2.49. The molecule has 2 rings (SSSR count). The number of nitrogens with zero attached hydrogens (tertiary/aromatic N) is 2. The smallest absolute Gasteiger partial charge is 0.341 e. The maximum absolute atomic E-state index is 11.5. The van der Waals surface area contributed by atoms with Gasteiger partial charge in [0.25, 0.3) is 0 Å². The van der Waals surface area contributed by atoms with Crippen molar-refractivity contribution < 1.29 is 9.53 Å². The molecule has 0 radical (unpaired) electrons. The van der Waals surface area contributed by atoms with E-state index >= 15 is 0 Å². The molecule has 1 fully saturated rings. The number of methoxy groups -OCH3 is 1. The van der Waals surface area contributed by atoms with E-state index in [1.807, 2.05) is 0 Å². The van der Waals surface area contributed by atoms with E-state index in [-0.39, 0.29) is 5.97 Å². The first kappa shape index (κ1) is 9.78. The van der Waals surface area contributed by atoms with Gasteiger partial charge in [0.2, 0.25) is 0 Å². The SMILES string of the molecule is C#CCn1ncc(C(=O)OC)c1C1CC1. The Kier molecular flexibility index (Phi) is 2.46. The van der Waals surface area contributed by atoms with E-state index in [2.05, 4.69) is 11.0 Å². The fraction of sp³-hybridized carbons (Fsp3) is 0.455. The topological polar surface area (TPSA) is 44.1 Å². The molecule has 1 heterocycles. The minimum atomic E-state index is -0.333. The molecular formula is C11H12N2O2. The highest BCUT2D eigenvalue weighted by Gasteiger charge is 2.32. The second kappa shape index (κ2) is 3.77. The van der Waals surface area contributed by atoms with Crippen molar-refractivity contribution in [2.75, 3.05) is 7.11 Å². The van der Waals surface area contributed by atoms with Crippen molar-refractivity contribution in [1.29, 1.82) is 0 Å². The summed E-state index contributed by atoms with van der Waals surface area (Å²) in [5.74, 6) is 2.62. The van der Waals surface area contributed by atoms with Gasteiger partial charge in [-0.15, -0.1) is 6.42 Å². The molecule has 15 heavy (non-hydrogen) atoms. The highest BCUT2D eigenvalue weighted by atomic mass is 16.5. The highest BCUT2D eigenvalue weighted by Crippen LogP contribution is 2.41. The number of carbonyl (C=O) groups excluding carboxylic acids is 1. The molecule has 0 aliphatic heterocycles. The lowest BCUT2D eigenvalue weighted by Crippen LogP contribution is -2.08. The Morgan fingerprint density at radius 2 is 2.53 bits per heavy atom. The van der Waals surface area contributed by atoms with Crippen molar-refractivity contribution in [3.05, 3.63) is 17.5 Å². The number of esters is 1. The Balaban J connectivity index is 2.38. The zero-order valence-electron chi connectivity index (χ0n) is 8.56. The largest absolute Gasteiger partial charge is 0.465 e. The van der Waals surface area contributed by atoms with Crippen molar-refractivity contribution in [3.8, 4) is 12.3 Å². The van der Waals surface area contributed by atoms with Crippen LogP contribution in [0.1, 0.15) is 34.8 Å². The molecule has 0 amide bonds. The van der Waals surface area contributed by atoms with Gasteiger partial charge in [-0.3, -0.25) is 4.68 Å². The summed E-state index contributed by atoms with van der Waals surface area (Å²) < 4.78 is 6.41. The van der Waals surface area contributed by atoms with Crippen molar-refractivity contribution in [1.82, 2.24) is 9.78 Å². The molecular weight excluding hydrogens is 192 g/mol. The number of ether oxygens (including phenoxy) is 1. The lowest BCUT2D eigenvalue weighted by Gasteiger charge is -2.04. The molecule has 4 heteroatoms. The van der Waals surface area contributed by atoms with E-state index in [0.29, 0.717) is 18.0 Å². The summed E-state index contributed by atoms with van der Waals surface area (Å²) in [7, 11) is 1.37. The van der Waals surface area contributed by atoms with Crippen LogP contribution in [0.5, 0.6) is 0 Å². The summed E-state index contributed by atoms with van der Waals surface area (Å²) in [5.41, 5.74) is 1.48. The minimum absolute atomic E-state index is 0.333. The van der Waals surface area contributed by atoms with E-state index in [1.165, 1.54) is 13.3 Å². The average molecular weight is 204 g/mol. The van der Waals surface area contributed by atoms with Crippen LogP contribution in [-0.4, -0.2) is 22.9 Å². The summed E-state index contributed by atoms with van der Waals surface area (Å²) in [6, 6.07) is 0. The molecule has 1 aliphatic rings. The molecule has 78 valence electrons. The quantitative estimate of drug-likeness (QED) is 0.548. The van der Waals surface area contributed by atoms with Gasteiger partial charge < -0.3 is 4.74 Å². The van der Waals surface area contributed by atoms with Gasteiger partial charge >= 0.3 is 5.97 Å². The maximum Gasteiger partial charge on any atom is 0.341 e. The van der Waals surface area contributed by atoms with Crippen LogP contribution in [0.2, 0.25) is 0 Å². The predicted molar refractivity (Wildman–Crippen MR) is 54.4 cm³/mol. The standard InChI is InChI=1S/C11H12N2O2/c1-3-6-13-10(8-4-5-8)9(7-12-13)11(14)15-2/h1,7-8H,4-6H2,2H3. The highest BCUT2D eigenvalue weighted by molar-refractivity contribution is 5.90. The third-order valence-electron chi connectivity index (χ3n) is 2.49. The first-order chi connectivity index (χ1) is 7.27. The summed E-state index contributed by atoms with van der Waals surface area (Å²) in [6.07, 6.45) is 8.97. The van der Waals surface area contributed by atoms with Crippen LogP contribution >= 0.6 is 0 Å². The summed E-state index contributed by atoms with van der Waals surface area (Å²) in [5, 5.41) is 4.11. The predicted octanol–water partition coefficient (Wildman–Crippen LogP) is 1.18. The molecule has 4 nitrogen and oxygen atoms in total. The molecule has 0 bridgehead atoms. The van der Waals surface area contributed by atoms with Gasteiger partial charge in [-0.2, -0.15) is 5.10 Å². The zero-order chi connectivity index (χ0) is 10.8. The molecule has 1 aromatic rings. The number of hydrogen-bond acceptors (Lipinski definition) is 3. The summed E-state index contributed by atoms with van der Waals surface area (Å²) in [4.78, 5) is 11.5. The number of carbonyl (C=O) groups is 1. The zero-order valence-corrected chi connectivity index (χ0v) is 8.56. The molecule has 0 aromatic carbocycles. The number of terminal acetylenes is 1. The fourth-order valence-electron chi connectivity index (χ4n) is 1.66. The van der Waals surface area contributed by atoms with Crippen molar-refractivity contribution in [2.24, 2.45) is 0 Å². The summed E-state index contributed by atoms with van der Waals surface area (Å²) >= 11 is 0. The Morgan fingerprint density at radius 1 is 1.80 bits per heavy atom. The first-order valence-corrected chi connectivity index (χ1v) is 4.85. The number of hydrogen-bond donors (Lipinski definition) is 0. The lowest BCUT2D eigenvalue weighted by atomic mass is 10.2. The molecule has 0 saturated heterocycles. The van der Waals surface area contributed by atoms with E-state index < -0.39 is 0 Å². The molecule has 0 unspecified atom stereocenters. The molecule has 1 aromatic heterocycles. The van der Waals surface area contributed by atoms with E-state index in [0.717, 1.165) is 18.5 Å². The molecule has 1 aliphatic carbocycles. The monoisotopic (exact) mass is 204 g/mol. The Labute approximate surface area is 88.2 Å². The number of aromatic nitrogens is 2. The van der Waals surface area contributed by atoms with E-state index in [1.54, 1.807) is 4.68 Å². The van der Waals surface area contributed by atoms with Crippen molar-refractivity contribution >= 4 is 5.97 Å². The van der Waals surface area contributed by atoms with Crippen LogP contribution in [0, 0.1) is 12.3 Å². The van der Waals surface area contributed by atoms with Crippen LogP contribution in [0.15, 0.2) is 6.20 Å². The number of rotatable bonds is 3. The van der Waals surface area contributed by atoms with Crippen LogP contribution in [0.4, 0.5) is 0 Å². The van der Waals surface area contributed by atoms with Crippen LogP contribution < -0.4 is 0 Å². The lowest BCUT2D eigenvalue weighted by molar-refractivity contribution is 0.0599. The molecule has 0 N–H and O–H groups in total. The van der Waals surface area contributed by atoms with E-state index in [4.69, 9.17) is 11.2 Å². The minimum Gasteiger partial charge on any atom is -0.465 e. The molecule has 0 atom stereocenters. The third kappa shape index (κ3) is 1.73. The maximum atomic E-state index is 11.5. The van der Waals surface area contributed by atoms with Gasteiger partial charge in [-0.25, -0.2) is 4.79 Å². The van der Waals surface area contributed by atoms with Gasteiger partial charge in [0.1, 0.15) is 12.1 Å². The van der Waals surface area contributed by atoms with Gasteiger partial charge in [-0.1, -0.05) is 5.92 Å². The second-order valence-electron chi connectivity index (χ2n) is 3.57. The van der Waals surface area contributed by atoms with Crippen molar-refractivity contribution in [2.45, 2.75) is 25.3 Å². The van der Waals surface area contributed by atoms with Gasteiger partial charge in [0.05, 0.1) is 19.0 Å². The Hall–Kier alpha value is -1.76. The van der Waals surface area contributed by atoms with Gasteiger partial charge in [0, 0.05) is 5.92 Å². The molecule has 0 spiro atoms. The van der Waals surface area contributed by atoms with Crippen molar-refractivity contribution in [3.63, 3.8) is 0 Å². The van der Waals surface area contributed by atoms with Crippen LogP contribution in [-0.2, 0) is 11.3 Å². The van der Waals surface area contributed by atoms with Crippen LogP contribution in [0.3, 0.4) is 0 Å².